The van der Waals surface area contributed by atoms with Crippen molar-refractivity contribution in [3.05, 3.63) is 82.9 Å². The Morgan fingerprint density at radius 1 is 0.795 bits per heavy atom. The first-order valence-corrected chi connectivity index (χ1v) is 13.6. The van der Waals surface area contributed by atoms with Crippen molar-refractivity contribution in [1.29, 1.82) is 0 Å². The molecule has 0 saturated heterocycles. The van der Waals surface area contributed by atoms with Gasteiger partial charge < -0.3 is 20.9 Å². The lowest BCUT2D eigenvalue weighted by molar-refractivity contribution is -0.129. The van der Waals surface area contributed by atoms with E-state index in [1.54, 1.807) is 30.3 Å². The first-order chi connectivity index (χ1) is 18.7. The third kappa shape index (κ3) is 4.56. The van der Waals surface area contributed by atoms with Gasteiger partial charge in [-0.05, 0) is 116 Å². The number of ketones is 1. The number of nitrogen functional groups attached to an aromatic ring is 2. The Morgan fingerprint density at radius 2 is 1.46 bits per heavy atom. The first-order valence-electron chi connectivity index (χ1n) is 13.6. The molecule has 0 bridgehead atoms. The lowest BCUT2D eigenvalue weighted by Crippen LogP contribution is -2.42. The second-order valence-electron chi connectivity index (χ2n) is 11.4. The van der Waals surface area contributed by atoms with Gasteiger partial charge in [0.15, 0.2) is 0 Å². The Kier molecular flexibility index (Phi) is 6.17. The van der Waals surface area contributed by atoms with Gasteiger partial charge in [0.2, 0.25) is 0 Å². The maximum absolute atomic E-state index is 12.8. The van der Waals surface area contributed by atoms with E-state index in [0.29, 0.717) is 46.2 Å². The molecule has 3 aromatic carbocycles. The molecule has 3 aromatic rings. The van der Waals surface area contributed by atoms with Crippen molar-refractivity contribution >= 4 is 29.1 Å². The lowest BCUT2D eigenvalue weighted by Gasteiger charge is -2.48. The van der Waals surface area contributed by atoms with Crippen LogP contribution in [0.4, 0.5) is 11.4 Å². The van der Waals surface area contributed by atoms with Gasteiger partial charge in [-0.25, -0.2) is 9.59 Å². The van der Waals surface area contributed by atoms with Gasteiger partial charge in [-0.3, -0.25) is 4.79 Å². The standard InChI is InChI=1S/C32H32N2O5/c1-32-13-12-26-25-9-7-24(16-19(25)4-8-27(26)28(32)10-11-29(32)35)39-30(36)18-2-5-23(6-3-18)38-31(37)20-14-21(33)17-22(34)15-20/h2-3,5-7,9,14-17,26-28H,4,8,10-13,33-34H2,1H3. The van der Waals surface area contributed by atoms with Crippen LogP contribution in [0.5, 0.6) is 11.5 Å². The molecule has 3 aliphatic carbocycles. The van der Waals surface area contributed by atoms with E-state index in [0.717, 1.165) is 38.5 Å². The molecule has 2 saturated carbocycles. The minimum atomic E-state index is -0.595. The highest BCUT2D eigenvalue weighted by atomic mass is 16.5. The van der Waals surface area contributed by atoms with Crippen LogP contribution in [0.25, 0.3) is 0 Å². The van der Waals surface area contributed by atoms with Crippen molar-refractivity contribution < 1.29 is 23.9 Å². The molecular weight excluding hydrogens is 492 g/mol. The minimum absolute atomic E-state index is 0.133. The van der Waals surface area contributed by atoms with Crippen molar-refractivity contribution in [2.24, 2.45) is 17.3 Å². The fraction of sp³-hybridized carbons (Fsp3) is 0.344. The molecular formula is C32H32N2O5. The fourth-order valence-electron chi connectivity index (χ4n) is 7.18. The highest BCUT2D eigenvalue weighted by molar-refractivity contribution is 5.94. The summed E-state index contributed by atoms with van der Waals surface area (Å²) < 4.78 is 11.1. The molecule has 6 rings (SSSR count). The SMILES string of the molecule is CC12CCC3c4ccc(OC(=O)c5ccc(OC(=O)c6cc(N)cc(N)c6)cc5)cc4CCC3C1CCC2=O. The minimum Gasteiger partial charge on any atom is -0.423 e. The zero-order chi connectivity index (χ0) is 27.3. The van der Waals surface area contributed by atoms with Gasteiger partial charge in [0.05, 0.1) is 11.1 Å². The van der Waals surface area contributed by atoms with Crippen LogP contribution in [0.3, 0.4) is 0 Å². The van der Waals surface area contributed by atoms with E-state index < -0.39 is 11.9 Å². The molecule has 7 nitrogen and oxygen atoms in total. The summed E-state index contributed by atoms with van der Waals surface area (Å²) in [7, 11) is 0. The van der Waals surface area contributed by atoms with Gasteiger partial charge in [0.1, 0.15) is 17.3 Å². The molecule has 2 fully saturated rings. The van der Waals surface area contributed by atoms with E-state index in [1.165, 1.54) is 23.3 Å². The average Bonchev–Trinajstić information content (AvgIpc) is 3.22. The lowest BCUT2D eigenvalue weighted by atomic mass is 9.55. The molecule has 0 aromatic heterocycles. The molecule has 4 unspecified atom stereocenters. The van der Waals surface area contributed by atoms with Crippen LogP contribution in [0.15, 0.2) is 60.7 Å². The van der Waals surface area contributed by atoms with Gasteiger partial charge in [0, 0.05) is 23.2 Å². The number of esters is 2. The molecule has 0 amide bonds. The maximum atomic E-state index is 12.8. The average molecular weight is 525 g/mol. The first kappa shape index (κ1) is 25.2. The van der Waals surface area contributed by atoms with Crippen molar-refractivity contribution in [1.82, 2.24) is 0 Å². The summed E-state index contributed by atoms with van der Waals surface area (Å²) in [6.07, 6.45) is 5.76. The zero-order valence-corrected chi connectivity index (χ0v) is 21.9. The number of anilines is 2. The predicted octanol–water partition coefficient (Wildman–Crippen LogP) is 5.71. The Labute approximate surface area is 227 Å². The Morgan fingerprint density at radius 3 is 2.21 bits per heavy atom. The number of fused-ring (bicyclic) bond motifs is 5. The van der Waals surface area contributed by atoms with Crippen molar-refractivity contribution in [3.8, 4) is 11.5 Å². The number of rotatable bonds is 4. The van der Waals surface area contributed by atoms with E-state index in [1.807, 2.05) is 12.1 Å². The summed E-state index contributed by atoms with van der Waals surface area (Å²) in [5.41, 5.74) is 15.3. The molecule has 0 aliphatic heterocycles. The Hall–Kier alpha value is -4.13. The van der Waals surface area contributed by atoms with Crippen LogP contribution in [0.2, 0.25) is 0 Å². The molecule has 39 heavy (non-hydrogen) atoms. The number of carbonyl (C=O) groups excluding carboxylic acids is 3. The highest BCUT2D eigenvalue weighted by Gasteiger charge is 2.54. The number of Topliss-reactive ketones (excluding diaryl/α,β-unsaturated/α-hetero) is 1. The van der Waals surface area contributed by atoms with Gasteiger partial charge in [0.25, 0.3) is 0 Å². The number of aryl methyl sites for hydroxylation is 1. The Bertz CT molecular complexity index is 1460. The van der Waals surface area contributed by atoms with E-state index in [2.05, 4.69) is 13.0 Å². The quantitative estimate of drug-likeness (QED) is 0.254. The van der Waals surface area contributed by atoms with Crippen LogP contribution >= 0.6 is 0 Å². The number of hydrogen-bond acceptors (Lipinski definition) is 7. The highest BCUT2D eigenvalue weighted by Crippen LogP contribution is 2.59. The molecule has 4 N–H and O–H groups in total. The van der Waals surface area contributed by atoms with Crippen LogP contribution in [-0.4, -0.2) is 17.7 Å². The second-order valence-corrected chi connectivity index (χ2v) is 11.4. The van der Waals surface area contributed by atoms with Crippen molar-refractivity contribution in [2.45, 2.75) is 51.4 Å². The van der Waals surface area contributed by atoms with E-state index in [-0.39, 0.29) is 16.7 Å². The molecule has 200 valence electrons. The monoisotopic (exact) mass is 524 g/mol. The smallest absolute Gasteiger partial charge is 0.343 e. The summed E-state index contributed by atoms with van der Waals surface area (Å²) in [5.74, 6) is 1.70. The van der Waals surface area contributed by atoms with Gasteiger partial charge in [-0.1, -0.05) is 13.0 Å². The van der Waals surface area contributed by atoms with E-state index in [9.17, 15) is 14.4 Å². The molecule has 0 spiro atoms. The Balaban J connectivity index is 1.11. The molecule has 0 radical (unpaired) electrons. The summed E-state index contributed by atoms with van der Waals surface area (Å²) in [5, 5.41) is 0. The van der Waals surface area contributed by atoms with Crippen LogP contribution < -0.4 is 20.9 Å². The largest absolute Gasteiger partial charge is 0.423 e. The molecule has 4 atom stereocenters. The third-order valence-electron chi connectivity index (χ3n) is 9.13. The maximum Gasteiger partial charge on any atom is 0.343 e. The van der Waals surface area contributed by atoms with Crippen molar-refractivity contribution in [3.63, 3.8) is 0 Å². The molecule has 3 aliphatic rings. The predicted molar refractivity (Wildman–Crippen MR) is 148 cm³/mol. The number of hydrogen-bond donors (Lipinski definition) is 2. The normalized spacial score (nSPS) is 25.3. The van der Waals surface area contributed by atoms with Crippen LogP contribution in [0, 0.1) is 17.3 Å². The van der Waals surface area contributed by atoms with Gasteiger partial charge >= 0.3 is 11.9 Å². The summed E-state index contributed by atoms with van der Waals surface area (Å²) in [6.45, 7) is 2.19. The summed E-state index contributed by atoms with van der Waals surface area (Å²) >= 11 is 0. The number of benzene rings is 3. The topological polar surface area (TPSA) is 122 Å². The second kappa shape index (κ2) is 9.56. The molecule has 0 heterocycles. The van der Waals surface area contributed by atoms with Gasteiger partial charge in [-0.15, -0.1) is 0 Å². The fourth-order valence-corrected chi connectivity index (χ4v) is 7.18. The van der Waals surface area contributed by atoms with Crippen LogP contribution in [0.1, 0.15) is 76.8 Å². The summed E-state index contributed by atoms with van der Waals surface area (Å²) in [6, 6.07) is 16.7. The van der Waals surface area contributed by atoms with Gasteiger partial charge in [-0.2, -0.15) is 0 Å². The zero-order valence-electron chi connectivity index (χ0n) is 21.9. The van der Waals surface area contributed by atoms with Crippen LogP contribution in [-0.2, 0) is 11.2 Å². The number of nitrogens with two attached hydrogens (primary N) is 2. The molecule has 7 heteroatoms. The number of ether oxygens (including phenoxy) is 2. The van der Waals surface area contributed by atoms with Crippen molar-refractivity contribution in [2.75, 3.05) is 11.5 Å². The summed E-state index contributed by atoms with van der Waals surface area (Å²) in [4.78, 5) is 37.9. The van der Waals surface area contributed by atoms with E-state index >= 15 is 0 Å². The van der Waals surface area contributed by atoms with E-state index in [4.69, 9.17) is 20.9 Å². The number of carbonyl (C=O) groups is 3. The third-order valence-corrected chi connectivity index (χ3v) is 9.13.